The lowest BCUT2D eigenvalue weighted by Crippen LogP contribution is -1.96. The average Bonchev–Trinajstić information content (AvgIpc) is 3.18. The fourth-order valence-corrected chi connectivity index (χ4v) is 6.84. The Morgan fingerprint density at radius 2 is 0.583 bits per heavy atom. The van der Waals surface area contributed by atoms with Gasteiger partial charge in [-0.15, -0.1) is 0 Å². The Bertz CT molecular complexity index is 2540. The van der Waals surface area contributed by atoms with E-state index in [0.717, 1.165) is 33.6 Å². The number of aromatic nitrogens is 2. The molecule has 224 valence electrons. The van der Waals surface area contributed by atoms with Crippen LogP contribution in [0.5, 0.6) is 0 Å². The largest absolute Gasteiger partial charge is 0.228 e. The molecule has 0 unspecified atom stereocenters. The molecule has 1 aromatic heterocycles. The first-order valence-electron chi connectivity index (χ1n) is 16.3. The van der Waals surface area contributed by atoms with Gasteiger partial charge in [-0.3, -0.25) is 0 Å². The van der Waals surface area contributed by atoms with E-state index in [1.165, 1.54) is 49.0 Å². The van der Waals surface area contributed by atoms with Crippen molar-refractivity contribution in [3.05, 3.63) is 182 Å². The summed E-state index contributed by atoms with van der Waals surface area (Å²) in [7, 11) is 0. The lowest BCUT2D eigenvalue weighted by Gasteiger charge is -2.12. The van der Waals surface area contributed by atoms with Crippen LogP contribution in [0.3, 0.4) is 0 Å². The molecule has 0 saturated heterocycles. The molecule has 8 aromatic carbocycles. The van der Waals surface area contributed by atoms with Crippen molar-refractivity contribution in [2.75, 3.05) is 0 Å². The summed E-state index contributed by atoms with van der Waals surface area (Å²) in [5, 5.41) is 7.69. The molecule has 1 heterocycles. The molecule has 0 saturated carbocycles. The minimum Gasteiger partial charge on any atom is -0.228 e. The molecule has 0 N–H and O–H groups in total. The Kier molecular flexibility index (Phi) is 6.84. The molecule has 0 fully saturated rings. The van der Waals surface area contributed by atoms with Gasteiger partial charge in [0.05, 0.1) is 11.4 Å². The predicted octanol–water partition coefficient (Wildman–Crippen LogP) is 12.3. The maximum atomic E-state index is 5.10. The van der Waals surface area contributed by atoms with E-state index < -0.39 is 0 Å². The van der Waals surface area contributed by atoms with E-state index in [9.17, 15) is 0 Å². The van der Waals surface area contributed by atoms with Crippen molar-refractivity contribution in [1.29, 1.82) is 0 Å². The van der Waals surface area contributed by atoms with Crippen molar-refractivity contribution in [2.24, 2.45) is 0 Å². The molecular formula is C46H30N2. The molecule has 9 aromatic rings. The van der Waals surface area contributed by atoms with Gasteiger partial charge in [-0.2, -0.15) is 0 Å². The zero-order valence-corrected chi connectivity index (χ0v) is 26.2. The fraction of sp³-hybridized carbons (Fsp3) is 0. The van der Waals surface area contributed by atoms with Crippen LogP contribution in [-0.4, -0.2) is 9.97 Å². The molecule has 0 aliphatic carbocycles. The topological polar surface area (TPSA) is 25.8 Å². The number of nitrogens with zero attached hydrogens (tertiary/aromatic N) is 2. The van der Waals surface area contributed by atoms with E-state index in [4.69, 9.17) is 9.97 Å². The lowest BCUT2D eigenvalue weighted by atomic mass is 9.92. The van der Waals surface area contributed by atoms with Gasteiger partial charge in [-0.25, -0.2) is 9.97 Å². The summed E-state index contributed by atoms with van der Waals surface area (Å²) in [6, 6.07) is 64.5. The van der Waals surface area contributed by atoms with E-state index in [0.29, 0.717) is 5.82 Å². The molecule has 0 radical (unpaired) electrons. The summed E-state index contributed by atoms with van der Waals surface area (Å²) in [5.41, 5.74) is 9.64. The van der Waals surface area contributed by atoms with Crippen LogP contribution in [0.25, 0.3) is 88.5 Å². The summed E-state index contributed by atoms with van der Waals surface area (Å²) in [5.74, 6) is 0.709. The number of rotatable bonds is 5. The molecule has 2 heteroatoms. The molecular weight excluding hydrogens is 581 g/mol. The predicted molar refractivity (Wildman–Crippen MR) is 202 cm³/mol. The zero-order chi connectivity index (χ0) is 31.9. The molecule has 0 amide bonds. The Balaban J connectivity index is 1.11. The van der Waals surface area contributed by atoms with Crippen molar-refractivity contribution >= 4 is 32.3 Å². The summed E-state index contributed by atoms with van der Waals surface area (Å²) in [6.07, 6.45) is 0. The lowest BCUT2D eigenvalue weighted by molar-refractivity contribution is 1.18. The van der Waals surface area contributed by atoms with Gasteiger partial charge in [-0.05, 0) is 66.7 Å². The van der Waals surface area contributed by atoms with Crippen LogP contribution >= 0.6 is 0 Å². The molecule has 48 heavy (non-hydrogen) atoms. The normalized spacial score (nSPS) is 11.3. The third-order valence-electron chi connectivity index (χ3n) is 9.30. The molecule has 9 rings (SSSR count). The highest BCUT2D eigenvalue weighted by Crippen LogP contribution is 2.37. The summed E-state index contributed by atoms with van der Waals surface area (Å²) >= 11 is 0. The quantitative estimate of drug-likeness (QED) is 0.181. The Morgan fingerprint density at radius 3 is 1.15 bits per heavy atom. The first-order chi connectivity index (χ1) is 23.8. The zero-order valence-electron chi connectivity index (χ0n) is 26.2. The standard InChI is InChI=1S/C46H30N2/c1-3-11-31(12-4-1)32-19-23-35(24-20-32)45-30-44(34-13-5-2-6-14-34)47-46(48-45)36-25-21-33(22-26-36)37-27-28-42-40-17-8-7-15-38(40)39-16-9-10-18-41(39)43(42)29-37/h1-30H. The van der Waals surface area contributed by atoms with Gasteiger partial charge in [0, 0.05) is 16.7 Å². The molecule has 0 atom stereocenters. The van der Waals surface area contributed by atoms with Gasteiger partial charge < -0.3 is 0 Å². The van der Waals surface area contributed by atoms with Gasteiger partial charge >= 0.3 is 0 Å². The summed E-state index contributed by atoms with van der Waals surface area (Å²) < 4.78 is 0. The van der Waals surface area contributed by atoms with Crippen molar-refractivity contribution in [3.63, 3.8) is 0 Å². The van der Waals surface area contributed by atoms with Crippen LogP contribution in [-0.2, 0) is 0 Å². The highest BCUT2D eigenvalue weighted by atomic mass is 14.9. The maximum Gasteiger partial charge on any atom is 0.160 e. The average molecular weight is 611 g/mol. The van der Waals surface area contributed by atoms with E-state index in [1.54, 1.807) is 0 Å². The van der Waals surface area contributed by atoms with Crippen LogP contribution in [0.2, 0.25) is 0 Å². The van der Waals surface area contributed by atoms with E-state index >= 15 is 0 Å². The van der Waals surface area contributed by atoms with Crippen LogP contribution in [0.4, 0.5) is 0 Å². The first-order valence-corrected chi connectivity index (χ1v) is 16.3. The van der Waals surface area contributed by atoms with E-state index in [2.05, 4.69) is 170 Å². The highest BCUT2D eigenvalue weighted by Gasteiger charge is 2.13. The highest BCUT2D eigenvalue weighted by molar-refractivity contribution is 6.25. The Hall–Kier alpha value is -6.38. The fourth-order valence-electron chi connectivity index (χ4n) is 6.84. The third-order valence-corrected chi connectivity index (χ3v) is 9.30. The molecule has 2 nitrogen and oxygen atoms in total. The minimum atomic E-state index is 0.709. The Morgan fingerprint density at radius 1 is 0.229 bits per heavy atom. The number of hydrogen-bond donors (Lipinski definition) is 0. The second kappa shape index (κ2) is 11.8. The SMILES string of the molecule is c1ccc(-c2ccc(-c3cc(-c4ccccc4)nc(-c4ccc(-c5ccc6c7ccccc7c7ccccc7c6c5)cc4)n3)cc2)cc1. The van der Waals surface area contributed by atoms with Crippen LogP contribution in [0.1, 0.15) is 0 Å². The number of hydrogen-bond acceptors (Lipinski definition) is 2. The van der Waals surface area contributed by atoms with Gasteiger partial charge in [0.15, 0.2) is 5.82 Å². The summed E-state index contributed by atoms with van der Waals surface area (Å²) in [4.78, 5) is 10.2. The van der Waals surface area contributed by atoms with Crippen molar-refractivity contribution in [1.82, 2.24) is 9.97 Å². The van der Waals surface area contributed by atoms with Crippen molar-refractivity contribution < 1.29 is 0 Å². The Labute approximate surface area is 279 Å². The molecule has 0 aliphatic heterocycles. The van der Waals surface area contributed by atoms with Crippen LogP contribution in [0.15, 0.2) is 182 Å². The summed E-state index contributed by atoms with van der Waals surface area (Å²) in [6.45, 7) is 0. The van der Waals surface area contributed by atoms with Crippen LogP contribution < -0.4 is 0 Å². The van der Waals surface area contributed by atoms with Gasteiger partial charge in [0.1, 0.15) is 0 Å². The van der Waals surface area contributed by atoms with E-state index in [1.807, 2.05) is 12.1 Å². The number of fused-ring (bicyclic) bond motifs is 6. The monoisotopic (exact) mass is 610 g/mol. The minimum absolute atomic E-state index is 0.709. The van der Waals surface area contributed by atoms with Crippen molar-refractivity contribution in [2.45, 2.75) is 0 Å². The molecule has 0 bridgehead atoms. The first kappa shape index (κ1) is 27.9. The van der Waals surface area contributed by atoms with Gasteiger partial charge in [0.2, 0.25) is 0 Å². The van der Waals surface area contributed by atoms with Crippen LogP contribution in [0, 0.1) is 0 Å². The third kappa shape index (κ3) is 5.01. The van der Waals surface area contributed by atoms with Crippen molar-refractivity contribution in [3.8, 4) is 56.2 Å². The van der Waals surface area contributed by atoms with Gasteiger partial charge in [-0.1, -0.05) is 170 Å². The second-order valence-corrected chi connectivity index (χ2v) is 12.2. The second-order valence-electron chi connectivity index (χ2n) is 12.2. The maximum absolute atomic E-state index is 5.10. The number of benzene rings is 8. The smallest absolute Gasteiger partial charge is 0.160 e. The molecule has 0 aliphatic rings. The molecule has 0 spiro atoms. The van der Waals surface area contributed by atoms with Gasteiger partial charge in [0.25, 0.3) is 0 Å². The van der Waals surface area contributed by atoms with E-state index in [-0.39, 0.29) is 0 Å².